The lowest BCUT2D eigenvalue weighted by Gasteiger charge is -2.19. The molecule has 0 amide bonds. The number of hydrazine groups is 1. The number of rotatable bonds is 7. The minimum atomic E-state index is 0.0553. The number of hydrogen-bond acceptors (Lipinski definition) is 4. The fourth-order valence-corrected chi connectivity index (χ4v) is 2.22. The molecule has 4 heteroatoms. The summed E-state index contributed by atoms with van der Waals surface area (Å²) in [5.41, 5.74) is 5.04. The zero-order valence-corrected chi connectivity index (χ0v) is 11.8. The number of ether oxygens (including phenoxy) is 1. The molecule has 0 aliphatic carbocycles. The molecular formula is C16H21N3O. The van der Waals surface area contributed by atoms with Crippen molar-refractivity contribution in [3.8, 4) is 5.75 Å². The third kappa shape index (κ3) is 3.79. The highest BCUT2D eigenvalue weighted by Gasteiger charge is 2.14. The third-order valence-electron chi connectivity index (χ3n) is 3.21. The van der Waals surface area contributed by atoms with Gasteiger partial charge in [0, 0.05) is 23.5 Å². The quantitative estimate of drug-likeness (QED) is 0.600. The first kappa shape index (κ1) is 14.5. The Balaban J connectivity index is 2.08. The van der Waals surface area contributed by atoms with Gasteiger partial charge in [0.25, 0.3) is 0 Å². The molecule has 20 heavy (non-hydrogen) atoms. The zero-order chi connectivity index (χ0) is 14.2. The number of nitrogens with one attached hydrogen (secondary N) is 1. The van der Waals surface area contributed by atoms with Gasteiger partial charge in [0.1, 0.15) is 5.75 Å². The maximum Gasteiger partial charge on any atom is 0.124 e. The molecule has 0 fully saturated rings. The van der Waals surface area contributed by atoms with Gasteiger partial charge in [-0.05, 0) is 38.0 Å². The van der Waals surface area contributed by atoms with Crippen LogP contribution in [0.1, 0.15) is 30.6 Å². The molecule has 0 spiro atoms. The van der Waals surface area contributed by atoms with Crippen LogP contribution >= 0.6 is 0 Å². The van der Waals surface area contributed by atoms with Gasteiger partial charge in [0.15, 0.2) is 0 Å². The van der Waals surface area contributed by atoms with Gasteiger partial charge in [0.2, 0.25) is 0 Å². The van der Waals surface area contributed by atoms with Crippen molar-refractivity contribution >= 4 is 0 Å². The Labute approximate surface area is 120 Å². The monoisotopic (exact) mass is 271 g/mol. The van der Waals surface area contributed by atoms with Gasteiger partial charge >= 0.3 is 0 Å². The molecule has 1 atom stereocenters. The van der Waals surface area contributed by atoms with E-state index in [9.17, 15) is 0 Å². The summed E-state index contributed by atoms with van der Waals surface area (Å²) in [6.45, 7) is 2.63. The Hall–Kier alpha value is -1.91. The molecule has 2 aromatic rings. The van der Waals surface area contributed by atoms with Gasteiger partial charge in [-0.2, -0.15) is 0 Å². The molecule has 0 saturated carbocycles. The number of benzene rings is 1. The van der Waals surface area contributed by atoms with Crippen LogP contribution < -0.4 is 16.0 Å². The van der Waals surface area contributed by atoms with Gasteiger partial charge in [-0.1, -0.05) is 24.3 Å². The van der Waals surface area contributed by atoms with Crippen molar-refractivity contribution in [3.63, 3.8) is 0 Å². The van der Waals surface area contributed by atoms with Crippen LogP contribution in [0.15, 0.2) is 48.7 Å². The second-order valence-electron chi connectivity index (χ2n) is 4.55. The van der Waals surface area contributed by atoms with E-state index in [1.54, 1.807) is 0 Å². The van der Waals surface area contributed by atoms with Gasteiger partial charge in [0.05, 0.1) is 6.61 Å². The number of aryl methyl sites for hydroxylation is 1. The molecule has 1 heterocycles. The van der Waals surface area contributed by atoms with E-state index in [-0.39, 0.29) is 6.04 Å². The van der Waals surface area contributed by atoms with E-state index in [0.29, 0.717) is 6.61 Å². The molecule has 0 saturated heterocycles. The van der Waals surface area contributed by atoms with Gasteiger partial charge in [-0.3, -0.25) is 16.3 Å². The van der Waals surface area contributed by atoms with Gasteiger partial charge in [-0.15, -0.1) is 0 Å². The van der Waals surface area contributed by atoms with E-state index in [4.69, 9.17) is 10.6 Å². The number of aromatic nitrogens is 1. The van der Waals surface area contributed by atoms with E-state index in [1.165, 1.54) is 0 Å². The highest BCUT2D eigenvalue weighted by Crippen LogP contribution is 2.27. The number of nitrogens with zero attached hydrogens (tertiary/aromatic N) is 1. The van der Waals surface area contributed by atoms with Crippen LogP contribution in [0, 0.1) is 0 Å². The largest absolute Gasteiger partial charge is 0.494 e. The highest BCUT2D eigenvalue weighted by atomic mass is 16.5. The number of nitrogens with two attached hydrogens (primary N) is 1. The summed E-state index contributed by atoms with van der Waals surface area (Å²) in [6.07, 6.45) is 3.56. The minimum Gasteiger partial charge on any atom is -0.494 e. The van der Waals surface area contributed by atoms with Crippen LogP contribution in [0.25, 0.3) is 0 Å². The zero-order valence-electron chi connectivity index (χ0n) is 11.8. The van der Waals surface area contributed by atoms with Crippen LogP contribution in [-0.4, -0.2) is 11.6 Å². The molecule has 1 aromatic heterocycles. The minimum absolute atomic E-state index is 0.0553. The topological polar surface area (TPSA) is 60.2 Å². The van der Waals surface area contributed by atoms with E-state index in [0.717, 1.165) is 29.8 Å². The van der Waals surface area contributed by atoms with Crippen molar-refractivity contribution in [3.05, 3.63) is 59.9 Å². The first-order valence-electron chi connectivity index (χ1n) is 6.93. The fourth-order valence-electron chi connectivity index (χ4n) is 2.22. The molecule has 2 rings (SSSR count). The van der Waals surface area contributed by atoms with E-state index >= 15 is 0 Å². The normalized spacial score (nSPS) is 12.1. The summed E-state index contributed by atoms with van der Waals surface area (Å²) in [5, 5.41) is 0. The Morgan fingerprint density at radius 3 is 2.70 bits per heavy atom. The third-order valence-corrected chi connectivity index (χ3v) is 3.21. The van der Waals surface area contributed by atoms with Crippen LogP contribution in [0.5, 0.6) is 5.75 Å². The summed E-state index contributed by atoms with van der Waals surface area (Å²) in [6, 6.07) is 14.0. The van der Waals surface area contributed by atoms with Gasteiger partial charge in [-0.25, -0.2) is 0 Å². The average molecular weight is 271 g/mol. The van der Waals surface area contributed by atoms with Crippen molar-refractivity contribution in [1.82, 2.24) is 10.4 Å². The molecule has 106 valence electrons. The van der Waals surface area contributed by atoms with Crippen molar-refractivity contribution in [2.75, 3.05) is 6.61 Å². The van der Waals surface area contributed by atoms with Crippen LogP contribution in [0.4, 0.5) is 0 Å². The predicted molar refractivity (Wildman–Crippen MR) is 80.2 cm³/mol. The number of hydrogen-bond donors (Lipinski definition) is 2. The second kappa shape index (κ2) is 7.62. The maximum absolute atomic E-state index is 5.71. The van der Waals surface area contributed by atoms with E-state index in [2.05, 4.69) is 10.4 Å². The molecule has 0 aliphatic heterocycles. The Bertz CT molecular complexity index is 516. The van der Waals surface area contributed by atoms with E-state index in [1.807, 2.05) is 55.6 Å². The van der Waals surface area contributed by atoms with Crippen LogP contribution in [0.2, 0.25) is 0 Å². The molecule has 1 unspecified atom stereocenters. The fraction of sp³-hybridized carbons (Fsp3) is 0.312. The molecular weight excluding hydrogens is 250 g/mol. The highest BCUT2D eigenvalue weighted by molar-refractivity contribution is 5.36. The Morgan fingerprint density at radius 1 is 1.20 bits per heavy atom. The molecule has 0 radical (unpaired) electrons. The predicted octanol–water partition coefficient (Wildman–Crippen LogP) is 2.62. The Morgan fingerprint density at radius 2 is 2.00 bits per heavy atom. The molecule has 3 N–H and O–H groups in total. The molecule has 4 nitrogen and oxygen atoms in total. The van der Waals surface area contributed by atoms with Crippen molar-refractivity contribution in [1.29, 1.82) is 0 Å². The number of para-hydroxylation sites is 1. The molecule has 0 aliphatic rings. The average Bonchev–Trinajstić information content (AvgIpc) is 2.51. The summed E-state index contributed by atoms with van der Waals surface area (Å²) in [7, 11) is 0. The van der Waals surface area contributed by atoms with Crippen LogP contribution in [-0.2, 0) is 6.42 Å². The van der Waals surface area contributed by atoms with Crippen molar-refractivity contribution in [2.24, 2.45) is 5.84 Å². The molecule has 1 aromatic carbocycles. The lowest BCUT2D eigenvalue weighted by atomic mass is 10.0. The standard InChI is InChI=1S/C16H21N3O/c1-2-20-16-9-4-3-8-14(16)15(19-17)11-10-13-7-5-6-12-18-13/h3-9,12,15,19H,2,10-11,17H2,1H3. The SMILES string of the molecule is CCOc1ccccc1C(CCc1ccccn1)NN. The first-order valence-corrected chi connectivity index (χ1v) is 6.93. The van der Waals surface area contributed by atoms with Crippen LogP contribution in [0.3, 0.4) is 0 Å². The smallest absolute Gasteiger partial charge is 0.124 e. The summed E-state index contributed by atoms with van der Waals surface area (Å²) in [5.74, 6) is 6.60. The lowest BCUT2D eigenvalue weighted by Crippen LogP contribution is -2.28. The number of pyridine rings is 1. The lowest BCUT2D eigenvalue weighted by molar-refractivity contribution is 0.330. The maximum atomic E-state index is 5.71. The van der Waals surface area contributed by atoms with Crippen molar-refractivity contribution in [2.45, 2.75) is 25.8 Å². The first-order chi connectivity index (χ1) is 9.85. The van der Waals surface area contributed by atoms with E-state index < -0.39 is 0 Å². The van der Waals surface area contributed by atoms with Crippen molar-refractivity contribution < 1.29 is 4.74 Å². The summed E-state index contributed by atoms with van der Waals surface area (Å²) in [4.78, 5) is 4.34. The summed E-state index contributed by atoms with van der Waals surface area (Å²) >= 11 is 0. The second-order valence-corrected chi connectivity index (χ2v) is 4.55. The Kier molecular flexibility index (Phi) is 5.53. The van der Waals surface area contributed by atoms with Gasteiger partial charge < -0.3 is 4.74 Å². The molecule has 0 bridgehead atoms. The summed E-state index contributed by atoms with van der Waals surface area (Å²) < 4.78 is 5.66.